The van der Waals surface area contributed by atoms with E-state index in [0.29, 0.717) is 15.6 Å². The lowest BCUT2D eigenvalue weighted by Gasteiger charge is -2.21. The van der Waals surface area contributed by atoms with Gasteiger partial charge in [0.1, 0.15) is 0 Å². The highest BCUT2D eigenvalue weighted by Gasteiger charge is 2.32. The first-order valence-electron chi connectivity index (χ1n) is 8.16. The molecular formula is C21H13BrF6. The number of halogens is 7. The van der Waals surface area contributed by atoms with Crippen molar-refractivity contribution in [3.8, 4) is 0 Å². The third kappa shape index (κ3) is 4.41. The van der Waals surface area contributed by atoms with Crippen LogP contribution in [0.3, 0.4) is 0 Å². The zero-order valence-corrected chi connectivity index (χ0v) is 15.7. The summed E-state index contributed by atoms with van der Waals surface area (Å²) in [7, 11) is 0. The molecule has 0 N–H and O–H groups in total. The molecule has 0 aromatic heterocycles. The first-order valence-corrected chi connectivity index (χ1v) is 8.95. The minimum atomic E-state index is -4.46. The molecule has 0 heterocycles. The van der Waals surface area contributed by atoms with Gasteiger partial charge in [-0.15, -0.1) is 0 Å². The molecule has 0 radical (unpaired) electrons. The van der Waals surface area contributed by atoms with Crippen molar-refractivity contribution in [1.29, 1.82) is 0 Å². The SMILES string of the molecule is FC(F)(F)c1ccc(C(c2ccc(C(F)(F)F)cc2)c2ccccc2Br)cc1. The monoisotopic (exact) mass is 458 g/mol. The lowest BCUT2D eigenvalue weighted by atomic mass is 9.84. The van der Waals surface area contributed by atoms with E-state index < -0.39 is 29.4 Å². The quantitative estimate of drug-likeness (QED) is 0.279. The second-order valence-electron chi connectivity index (χ2n) is 6.19. The number of benzene rings is 3. The molecule has 0 fully saturated rings. The molecule has 0 atom stereocenters. The molecule has 0 nitrogen and oxygen atoms in total. The highest BCUT2D eigenvalue weighted by molar-refractivity contribution is 9.10. The maximum absolute atomic E-state index is 12.9. The van der Waals surface area contributed by atoms with E-state index in [1.54, 1.807) is 24.3 Å². The van der Waals surface area contributed by atoms with Crippen LogP contribution in [0, 0.1) is 0 Å². The normalized spacial score (nSPS) is 12.4. The largest absolute Gasteiger partial charge is 0.416 e. The van der Waals surface area contributed by atoms with Crippen LogP contribution in [0.25, 0.3) is 0 Å². The molecule has 0 spiro atoms. The molecule has 28 heavy (non-hydrogen) atoms. The third-order valence-corrected chi connectivity index (χ3v) is 5.08. The van der Waals surface area contributed by atoms with Crippen LogP contribution in [0.4, 0.5) is 26.3 Å². The van der Waals surface area contributed by atoms with Gasteiger partial charge in [-0.2, -0.15) is 26.3 Å². The molecule has 7 heteroatoms. The zero-order chi connectivity index (χ0) is 20.5. The van der Waals surface area contributed by atoms with Gasteiger partial charge in [-0.25, -0.2) is 0 Å². The second-order valence-corrected chi connectivity index (χ2v) is 7.05. The molecule has 0 aliphatic rings. The molecule has 0 aliphatic carbocycles. The fourth-order valence-corrected chi connectivity index (χ4v) is 3.50. The van der Waals surface area contributed by atoms with Crippen molar-refractivity contribution in [2.24, 2.45) is 0 Å². The lowest BCUT2D eigenvalue weighted by molar-refractivity contribution is -0.138. The fraction of sp³-hybridized carbons (Fsp3) is 0.143. The van der Waals surface area contributed by atoms with E-state index in [1.165, 1.54) is 24.3 Å². The summed E-state index contributed by atoms with van der Waals surface area (Å²) < 4.78 is 77.9. The lowest BCUT2D eigenvalue weighted by Crippen LogP contribution is -2.09. The molecule has 0 saturated carbocycles. The average Bonchev–Trinajstić information content (AvgIpc) is 2.63. The minimum Gasteiger partial charge on any atom is -0.166 e. The van der Waals surface area contributed by atoms with Crippen LogP contribution < -0.4 is 0 Å². The Labute approximate surface area is 166 Å². The molecule has 3 rings (SSSR count). The van der Waals surface area contributed by atoms with Crippen molar-refractivity contribution in [1.82, 2.24) is 0 Å². The summed E-state index contributed by atoms with van der Waals surface area (Å²) in [4.78, 5) is 0. The van der Waals surface area contributed by atoms with Crippen LogP contribution in [0.2, 0.25) is 0 Å². The Bertz CT molecular complexity index is 883. The summed E-state index contributed by atoms with van der Waals surface area (Å²) in [6, 6.07) is 16.4. The Kier molecular flexibility index (Phi) is 5.57. The molecule has 146 valence electrons. The molecule has 0 amide bonds. The van der Waals surface area contributed by atoms with Crippen molar-refractivity contribution in [2.75, 3.05) is 0 Å². The number of hydrogen-bond donors (Lipinski definition) is 0. The molecule has 0 saturated heterocycles. The Morgan fingerprint density at radius 1 is 0.571 bits per heavy atom. The summed E-state index contributed by atoms with van der Waals surface area (Å²) in [5.74, 6) is -0.528. The summed E-state index contributed by atoms with van der Waals surface area (Å²) in [6.45, 7) is 0. The van der Waals surface area contributed by atoms with Crippen molar-refractivity contribution in [3.05, 3.63) is 105 Å². The fourth-order valence-electron chi connectivity index (χ4n) is 2.99. The van der Waals surface area contributed by atoms with Gasteiger partial charge in [0.25, 0.3) is 0 Å². The first-order chi connectivity index (χ1) is 13.1. The van der Waals surface area contributed by atoms with Gasteiger partial charge in [-0.1, -0.05) is 58.4 Å². The molecule has 0 bridgehead atoms. The summed E-state index contributed by atoms with van der Waals surface area (Å²) in [5.41, 5.74) is 0.255. The van der Waals surface area contributed by atoms with E-state index in [2.05, 4.69) is 15.9 Å². The number of rotatable bonds is 3. The average molecular weight is 459 g/mol. The summed E-state index contributed by atoms with van der Waals surface area (Å²) in [5, 5.41) is 0. The Hall–Kier alpha value is -2.28. The molecular weight excluding hydrogens is 446 g/mol. The standard InChI is InChI=1S/C21H13BrF6/c22-18-4-2-1-3-17(18)19(13-5-9-15(10-6-13)20(23,24)25)14-7-11-16(12-8-14)21(26,27)28/h1-12,19H. The van der Waals surface area contributed by atoms with Crippen LogP contribution in [-0.4, -0.2) is 0 Å². The highest BCUT2D eigenvalue weighted by Crippen LogP contribution is 2.39. The molecule has 3 aromatic carbocycles. The van der Waals surface area contributed by atoms with Crippen LogP contribution >= 0.6 is 15.9 Å². The number of alkyl halides is 6. The van der Waals surface area contributed by atoms with E-state index in [-0.39, 0.29) is 0 Å². The van der Waals surface area contributed by atoms with Crippen LogP contribution in [0.5, 0.6) is 0 Å². The summed E-state index contributed by atoms with van der Waals surface area (Å²) >= 11 is 3.42. The van der Waals surface area contributed by atoms with Crippen molar-refractivity contribution in [3.63, 3.8) is 0 Å². The minimum absolute atomic E-state index is 0.528. The molecule has 0 unspecified atom stereocenters. The van der Waals surface area contributed by atoms with Crippen molar-refractivity contribution < 1.29 is 26.3 Å². The molecule has 0 aliphatic heterocycles. The Morgan fingerprint density at radius 2 is 0.964 bits per heavy atom. The van der Waals surface area contributed by atoms with Gasteiger partial charge >= 0.3 is 12.4 Å². The maximum Gasteiger partial charge on any atom is 0.416 e. The zero-order valence-electron chi connectivity index (χ0n) is 14.2. The van der Waals surface area contributed by atoms with Crippen LogP contribution in [0.15, 0.2) is 77.3 Å². The van der Waals surface area contributed by atoms with Gasteiger partial charge < -0.3 is 0 Å². The predicted molar refractivity (Wildman–Crippen MR) is 98.0 cm³/mol. The first kappa shape index (κ1) is 20.5. The topological polar surface area (TPSA) is 0 Å². The van der Waals surface area contributed by atoms with E-state index in [0.717, 1.165) is 29.8 Å². The van der Waals surface area contributed by atoms with Gasteiger partial charge in [-0.05, 0) is 47.0 Å². The van der Waals surface area contributed by atoms with Gasteiger partial charge in [0.2, 0.25) is 0 Å². The predicted octanol–water partition coefficient (Wildman–Crippen LogP) is 7.67. The van der Waals surface area contributed by atoms with E-state index in [4.69, 9.17) is 0 Å². The van der Waals surface area contributed by atoms with Gasteiger partial charge in [0.05, 0.1) is 11.1 Å². The highest BCUT2D eigenvalue weighted by atomic mass is 79.9. The Morgan fingerprint density at radius 3 is 1.32 bits per heavy atom. The summed E-state index contributed by atoms with van der Waals surface area (Å²) in [6.07, 6.45) is -8.93. The van der Waals surface area contributed by atoms with Gasteiger partial charge in [0.15, 0.2) is 0 Å². The van der Waals surface area contributed by atoms with Crippen molar-refractivity contribution in [2.45, 2.75) is 18.3 Å². The second kappa shape index (κ2) is 7.62. The van der Waals surface area contributed by atoms with E-state index >= 15 is 0 Å². The van der Waals surface area contributed by atoms with E-state index in [9.17, 15) is 26.3 Å². The van der Waals surface area contributed by atoms with Gasteiger partial charge in [0, 0.05) is 10.4 Å². The molecule has 3 aromatic rings. The maximum atomic E-state index is 12.9. The van der Waals surface area contributed by atoms with Gasteiger partial charge in [-0.3, -0.25) is 0 Å². The Balaban J connectivity index is 2.10. The smallest absolute Gasteiger partial charge is 0.166 e. The van der Waals surface area contributed by atoms with Crippen LogP contribution in [0.1, 0.15) is 33.7 Å². The number of hydrogen-bond acceptors (Lipinski definition) is 0. The van der Waals surface area contributed by atoms with E-state index in [1.807, 2.05) is 0 Å². The van der Waals surface area contributed by atoms with Crippen LogP contribution in [-0.2, 0) is 12.4 Å². The van der Waals surface area contributed by atoms with Crippen molar-refractivity contribution >= 4 is 15.9 Å². The third-order valence-electron chi connectivity index (χ3n) is 4.36.